The van der Waals surface area contributed by atoms with Gasteiger partial charge in [-0.1, -0.05) is 12.5 Å². The van der Waals surface area contributed by atoms with Gasteiger partial charge in [0.15, 0.2) is 23.1 Å². The average Bonchev–Trinajstić information content (AvgIpc) is 3.52. The van der Waals surface area contributed by atoms with Gasteiger partial charge < -0.3 is 39.0 Å². The molecule has 0 aromatic carbocycles. The van der Waals surface area contributed by atoms with Crippen LogP contribution in [0.25, 0.3) is 0 Å². The van der Waals surface area contributed by atoms with Crippen LogP contribution in [-0.2, 0) is 42.9 Å². The van der Waals surface area contributed by atoms with Crippen molar-refractivity contribution in [2.24, 2.45) is 22.7 Å². The lowest BCUT2D eigenvalue weighted by atomic mass is 9.36. The minimum atomic E-state index is -2.40. The van der Waals surface area contributed by atoms with Gasteiger partial charge in [-0.25, -0.2) is 4.79 Å². The minimum absolute atomic E-state index is 0.0915. The van der Waals surface area contributed by atoms with Crippen LogP contribution in [0.2, 0.25) is 0 Å². The summed E-state index contributed by atoms with van der Waals surface area (Å²) in [6, 6.07) is 0. The first kappa shape index (κ1) is 24.0. The number of aliphatic hydroxyl groups excluding tert-OH is 1. The van der Waals surface area contributed by atoms with Crippen LogP contribution < -0.4 is 0 Å². The lowest BCUT2D eigenvalue weighted by molar-refractivity contribution is -0.379. The largest absolute Gasteiger partial charge is 0.459 e. The Bertz CT molecular complexity index is 1140. The molecule has 11 atom stereocenters. The van der Waals surface area contributed by atoms with E-state index in [1.165, 1.54) is 6.08 Å². The Morgan fingerprint density at radius 1 is 1.08 bits per heavy atom. The van der Waals surface area contributed by atoms with Gasteiger partial charge in [0.05, 0.1) is 18.6 Å². The van der Waals surface area contributed by atoms with Crippen molar-refractivity contribution in [1.29, 1.82) is 0 Å². The van der Waals surface area contributed by atoms with Gasteiger partial charge in [0.25, 0.3) is 0 Å². The highest BCUT2D eigenvalue weighted by Crippen LogP contribution is 2.78. The molecule has 196 valence electrons. The van der Waals surface area contributed by atoms with E-state index in [-0.39, 0.29) is 13.0 Å². The van der Waals surface area contributed by atoms with Crippen molar-refractivity contribution in [2.45, 2.75) is 75.5 Å². The van der Waals surface area contributed by atoms with Crippen LogP contribution in [0.15, 0.2) is 11.6 Å². The first-order chi connectivity index (χ1) is 16.7. The summed E-state index contributed by atoms with van der Waals surface area (Å²) in [6.45, 7) is 4.80. The van der Waals surface area contributed by atoms with Crippen molar-refractivity contribution in [3.8, 4) is 0 Å². The highest BCUT2D eigenvalue weighted by molar-refractivity contribution is 5.96. The third-order valence-corrected chi connectivity index (χ3v) is 9.68. The number of epoxide rings is 1. The van der Waals surface area contributed by atoms with Crippen LogP contribution in [0.5, 0.6) is 0 Å². The highest BCUT2D eigenvalue weighted by atomic mass is 16.7. The number of esters is 3. The minimum Gasteiger partial charge on any atom is -0.459 e. The Hall–Kier alpha value is -2.38. The van der Waals surface area contributed by atoms with Crippen molar-refractivity contribution in [3.05, 3.63) is 11.6 Å². The second-order valence-electron chi connectivity index (χ2n) is 11.2. The van der Waals surface area contributed by atoms with E-state index in [9.17, 15) is 34.5 Å². The molecule has 2 saturated carbocycles. The number of carbonyl (C=O) groups is 4. The van der Waals surface area contributed by atoms with E-state index >= 15 is 0 Å². The van der Waals surface area contributed by atoms with Crippen molar-refractivity contribution >= 4 is 23.7 Å². The second kappa shape index (κ2) is 6.73. The van der Waals surface area contributed by atoms with Gasteiger partial charge in [0, 0.05) is 25.2 Å². The zero-order chi connectivity index (χ0) is 26.2. The summed E-state index contributed by atoms with van der Waals surface area (Å²) in [4.78, 5) is 50.5. The Balaban J connectivity index is 1.68. The van der Waals surface area contributed by atoms with Crippen LogP contribution >= 0.6 is 0 Å². The number of carbonyl (C=O) groups excluding carboxylic acids is 4. The predicted octanol–water partition coefficient (Wildman–Crippen LogP) is -1.47. The fourth-order valence-corrected chi connectivity index (χ4v) is 8.48. The van der Waals surface area contributed by atoms with Gasteiger partial charge in [-0.05, 0) is 25.3 Å². The molecule has 3 saturated heterocycles. The molecular formula is C24H28O12. The van der Waals surface area contributed by atoms with Crippen LogP contribution in [0.4, 0.5) is 0 Å². The van der Waals surface area contributed by atoms with Crippen LogP contribution in [-0.4, -0.2) is 93.6 Å². The first-order valence-electron chi connectivity index (χ1n) is 11.9. The molecule has 3 N–H and O–H groups in total. The predicted molar refractivity (Wildman–Crippen MR) is 112 cm³/mol. The summed E-state index contributed by atoms with van der Waals surface area (Å²) in [5, 5.41) is 36.2. The van der Waals surface area contributed by atoms with Crippen LogP contribution in [0.3, 0.4) is 0 Å². The van der Waals surface area contributed by atoms with Crippen LogP contribution in [0, 0.1) is 22.7 Å². The van der Waals surface area contributed by atoms with Gasteiger partial charge in [-0.15, -0.1) is 0 Å². The number of ketones is 1. The molecule has 0 aromatic rings. The molecule has 6 aliphatic rings. The molecule has 3 aliphatic carbocycles. The highest BCUT2D eigenvalue weighted by Gasteiger charge is 2.96. The standard InChI is InChI=1S/C24H28O12/c1-9-5-13(27)15(28)20(4)12(9)6-14-21-7-33-23(30,18(20)21)19(35-11(3)26)22(8-32-22)24(21,31)16(17(29)36-14)34-10(2)25/h5,12,14-16,18-19,28,30-31H,6-8H2,1-4H3. The second-order valence-corrected chi connectivity index (χ2v) is 11.2. The molecule has 5 fully saturated rings. The molecule has 36 heavy (non-hydrogen) atoms. The first-order valence-corrected chi connectivity index (χ1v) is 11.9. The summed E-state index contributed by atoms with van der Waals surface area (Å²) in [6.07, 6.45) is -4.87. The molecular weight excluding hydrogens is 480 g/mol. The van der Waals surface area contributed by atoms with E-state index < -0.39 is 94.4 Å². The fourth-order valence-electron chi connectivity index (χ4n) is 8.48. The Morgan fingerprint density at radius 3 is 2.31 bits per heavy atom. The molecule has 12 nitrogen and oxygen atoms in total. The SMILES string of the molecule is CC(=O)OC1C2(O)OCC34C(CC5C(C)=CC(=O)C(O)C5(C)C23)OC(=O)C(OC(C)=O)C4(O)C12CO2. The molecule has 3 heterocycles. The van der Waals surface area contributed by atoms with Gasteiger partial charge in [0.2, 0.25) is 11.9 Å². The summed E-state index contributed by atoms with van der Waals surface area (Å²) >= 11 is 0. The molecule has 2 spiro atoms. The van der Waals surface area contributed by atoms with Gasteiger partial charge in [0.1, 0.15) is 12.2 Å². The van der Waals surface area contributed by atoms with Gasteiger partial charge in [-0.3, -0.25) is 14.4 Å². The monoisotopic (exact) mass is 508 g/mol. The summed E-state index contributed by atoms with van der Waals surface area (Å²) < 4.78 is 28.3. The smallest absolute Gasteiger partial charge is 0.350 e. The fraction of sp³-hybridized carbons (Fsp3) is 0.750. The van der Waals surface area contributed by atoms with Crippen molar-refractivity contribution in [3.63, 3.8) is 0 Å². The Labute approximate surface area is 205 Å². The average molecular weight is 508 g/mol. The summed E-state index contributed by atoms with van der Waals surface area (Å²) in [7, 11) is 0. The zero-order valence-corrected chi connectivity index (χ0v) is 20.2. The number of hydrogen-bond acceptors (Lipinski definition) is 12. The lowest BCUT2D eigenvalue weighted by Crippen LogP contribution is -2.88. The maximum Gasteiger partial charge on any atom is 0.350 e. The number of fused-ring (bicyclic) bond motifs is 2. The molecule has 12 heteroatoms. The number of hydrogen-bond donors (Lipinski definition) is 3. The molecule has 0 radical (unpaired) electrons. The summed E-state index contributed by atoms with van der Waals surface area (Å²) in [5.41, 5.74) is -6.82. The van der Waals surface area contributed by atoms with Crippen molar-refractivity contribution < 1.29 is 58.2 Å². The zero-order valence-electron chi connectivity index (χ0n) is 20.2. The van der Waals surface area contributed by atoms with E-state index in [0.717, 1.165) is 13.8 Å². The van der Waals surface area contributed by atoms with E-state index in [4.69, 9.17) is 23.7 Å². The Morgan fingerprint density at radius 2 is 1.72 bits per heavy atom. The molecule has 6 rings (SSSR count). The topological polar surface area (TPSA) is 178 Å². The van der Waals surface area contributed by atoms with Gasteiger partial charge >= 0.3 is 17.9 Å². The maximum absolute atomic E-state index is 13.3. The normalized spacial score (nSPS) is 54.1. The molecule has 0 amide bonds. The molecule has 2 bridgehead atoms. The van der Waals surface area contributed by atoms with E-state index in [1.807, 2.05) is 0 Å². The number of rotatable bonds is 2. The molecule has 0 aromatic heterocycles. The number of allylic oxidation sites excluding steroid dienone is 1. The number of ether oxygens (including phenoxy) is 5. The maximum atomic E-state index is 13.3. The number of aliphatic hydroxyl groups is 3. The Kier molecular flexibility index (Phi) is 4.48. The molecule has 11 unspecified atom stereocenters. The van der Waals surface area contributed by atoms with E-state index in [0.29, 0.717) is 5.57 Å². The van der Waals surface area contributed by atoms with Crippen molar-refractivity contribution in [2.75, 3.05) is 13.2 Å². The van der Waals surface area contributed by atoms with Gasteiger partial charge in [-0.2, -0.15) is 0 Å². The van der Waals surface area contributed by atoms with E-state index in [2.05, 4.69) is 0 Å². The third kappa shape index (κ3) is 2.30. The van der Waals surface area contributed by atoms with Crippen molar-refractivity contribution in [1.82, 2.24) is 0 Å². The summed E-state index contributed by atoms with van der Waals surface area (Å²) in [5.74, 6) is -7.55. The lowest BCUT2D eigenvalue weighted by Gasteiger charge is -2.70. The van der Waals surface area contributed by atoms with E-state index in [1.54, 1.807) is 13.8 Å². The quantitative estimate of drug-likeness (QED) is 0.224. The third-order valence-electron chi connectivity index (χ3n) is 9.68. The van der Waals surface area contributed by atoms with Crippen LogP contribution in [0.1, 0.15) is 34.1 Å². The molecule has 3 aliphatic heterocycles.